The van der Waals surface area contributed by atoms with Gasteiger partial charge in [0.15, 0.2) is 17.7 Å². The van der Waals surface area contributed by atoms with Crippen molar-refractivity contribution in [3.8, 4) is 5.75 Å². The van der Waals surface area contributed by atoms with Gasteiger partial charge in [0.05, 0.1) is 32.1 Å². The highest BCUT2D eigenvalue weighted by Crippen LogP contribution is 2.32. The van der Waals surface area contributed by atoms with E-state index in [0.29, 0.717) is 16.9 Å². The quantitative estimate of drug-likeness (QED) is 0.295. The van der Waals surface area contributed by atoms with Crippen molar-refractivity contribution in [2.75, 3.05) is 19.5 Å². The Balaban J connectivity index is 1.47. The summed E-state index contributed by atoms with van der Waals surface area (Å²) in [5.74, 6) is 0.415. The van der Waals surface area contributed by atoms with Crippen molar-refractivity contribution in [3.05, 3.63) is 42.5 Å². The molecule has 0 unspecified atom stereocenters. The van der Waals surface area contributed by atoms with Gasteiger partial charge in [-0.2, -0.15) is 0 Å². The van der Waals surface area contributed by atoms with Gasteiger partial charge < -0.3 is 36.5 Å². The van der Waals surface area contributed by atoms with E-state index in [-0.39, 0.29) is 12.2 Å². The van der Waals surface area contributed by atoms with Crippen LogP contribution in [0.25, 0.3) is 11.2 Å². The maximum Gasteiger partial charge on any atom is 0.237 e. The third-order valence-corrected chi connectivity index (χ3v) is 5.48. The van der Waals surface area contributed by atoms with Gasteiger partial charge in [-0.15, -0.1) is 0 Å². The van der Waals surface area contributed by atoms with Crippen LogP contribution in [0, 0.1) is 0 Å². The molecule has 5 atom stereocenters. The molecule has 1 aliphatic heterocycles. The fourth-order valence-electron chi connectivity index (χ4n) is 3.74. The summed E-state index contributed by atoms with van der Waals surface area (Å²) < 4.78 is 12.4. The number of imidazole rings is 1. The number of aromatic nitrogens is 4. The molecule has 4 rings (SSSR count). The number of ether oxygens (including phenoxy) is 2. The molecule has 2 aromatic heterocycles. The number of aliphatic hydroxyl groups is 2. The first-order chi connectivity index (χ1) is 15.4. The van der Waals surface area contributed by atoms with Crippen molar-refractivity contribution in [1.29, 1.82) is 0 Å². The van der Waals surface area contributed by atoms with Crippen molar-refractivity contribution in [2.24, 2.45) is 5.73 Å². The van der Waals surface area contributed by atoms with Gasteiger partial charge >= 0.3 is 0 Å². The number of nitrogens with zero attached hydrogens (tertiary/aromatic N) is 4. The standard InChI is InChI=1S/C20H25N7O5/c1-31-11-4-2-10(3-5-11)6-12(21)19(30)26-14-13(7-28)32-20(16(14)29)27-9-25-15-17(22)23-8-24-18(15)27/h2-5,8-9,12-14,16,20,28-29H,6-7,21H2,1H3,(H,26,30)(H2,22,23,24)/t12-,13-,14-,16+,20-/m0/s1. The molecular weight excluding hydrogens is 418 g/mol. The van der Waals surface area contributed by atoms with Crippen LogP contribution in [0.5, 0.6) is 5.75 Å². The number of nitrogens with two attached hydrogens (primary N) is 2. The van der Waals surface area contributed by atoms with Gasteiger partial charge in [0.25, 0.3) is 0 Å². The highest BCUT2D eigenvalue weighted by Gasteiger charge is 2.46. The number of hydrogen-bond acceptors (Lipinski definition) is 10. The number of nitrogens with one attached hydrogen (secondary N) is 1. The third-order valence-electron chi connectivity index (χ3n) is 5.48. The molecule has 0 saturated carbocycles. The molecular formula is C20H25N7O5. The highest BCUT2D eigenvalue weighted by molar-refractivity contribution is 5.82. The second-order valence-electron chi connectivity index (χ2n) is 7.51. The number of carbonyl (C=O) groups is 1. The molecule has 0 spiro atoms. The van der Waals surface area contributed by atoms with E-state index in [1.165, 1.54) is 17.2 Å². The Morgan fingerprint density at radius 2 is 2.06 bits per heavy atom. The molecule has 12 nitrogen and oxygen atoms in total. The molecule has 170 valence electrons. The van der Waals surface area contributed by atoms with Crippen LogP contribution in [0.15, 0.2) is 36.9 Å². The maximum absolute atomic E-state index is 12.7. The van der Waals surface area contributed by atoms with Crippen LogP contribution >= 0.6 is 0 Å². The largest absolute Gasteiger partial charge is 0.497 e. The van der Waals surface area contributed by atoms with Crippen LogP contribution in [0.4, 0.5) is 5.82 Å². The van der Waals surface area contributed by atoms with E-state index in [2.05, 4.69) is 20.3 Å². The van der Waals surface area contributed by atoms with E-state index in [1.54, 1.807) is 19.2 Å². The SMILES string of the molecule is COc1ccc(C[C@H](N)C(=O)N[C@@H]2[C@@H](O)[C@@H](n3cnc4c(N)ncnc43)O[C@H]2CO)cc1. The summed E-state index contributed by atoms with van der Waals surface area (Å²) in [6, 6.07) is 5.46. The summed E-state index contributed by atoms with van der Waals surface area (Å²) in [5.41, 5.74) is 13.5. The van der Waals surface area contributed by atoms with Gasteiger partial charge in [-0.05, 0) is 24.1 Å². The minimum absolute atomic E-state index is 0.189. The van der Waals surface area contributed by atoms with E-state index in [0.717, 1.165) is 5.56 Å². The molecule has 12 heteroatoms. The molecule has 0 radical (unpaired) electrons. The molecule has 1 amide bonds. The van der Waals surface area contributed by atoms with Crippen LogP contribution in [0.3, 0.4) is 0 Å². The number of amides is 1. The molecule has 0 bridgehead atoms. The first-order valence-corrected chi connectivity index (χ1v) is 9.99. The lowest BCUT2D eigenvalue weighted by Crippen LogP contribution is -2.53. The van der Waals surface area contributed by atoms with Crippen LogP contribution < -0.4 is 21.5 Å². The fourth-order valence-corrected chi connectivity index (χ4v) is 3.74. The van der Waals surface area contributed by atoms with Crippen molar-refractivity contribution >= 4 is 22.9 Å². The average molecular weight is 443 g/mol. The molecule has 1 aromatic carbocycles. The number of rotatable bonds is 7. The van der Waals surface area contributed by atoms with Crippen LogP contribution in [-0.2, 0) is 16.0 Å². The monoisotopic (exact) mass is 443 g/mol. The molecule has 32 heavy (non-hydrogen) atoms. The van der Waals surface area contributed by atoms with Crippen molar-refractivity contribution in [3.63, 3.8) is 0 Å². The molecule has 1 saturated heterocycles. The Morgan fingerprint density at radius 3 is 2.75 bits per heavy atom. The summed E-state index contributed by atoms with van der Waals surface area (Å²) in [6.45, 7) is -0.421. The van der Waals surface area contributed by atoms with Gasteiger partial charge in [-0.1, -0.05) is 12.1 Å². The van der Waals surface area contributed by atoms with E-state index in [1.807, 2.05) is 12.1 Å². The lowest BCUT2D eigenvalue weighted by atomic mass is 10.0. The molecule has 7 N–H and O–H groups in total. The Kier molecular flexibility index (Phi) is 6.19. The molecule has 0 aliphatic carbocycles. The number of aliphatic hydroxyl groups excluding tert-OH is 2. The minimum atomic E-state index is -1.20. The number of benzene rings is 1. The zero-order chi connectivity index (χ0) is 22.8. The molecule has 1 fully saturated rings. The van der Waals surface area contributed by atoms with Crippen molar-refractivity contribution in [2.45, 2.75) is 36.9 Å². The average Bonchev–Trinajstić information content (AvgIpc) is 3.36. The van der Waals surface area contributed by atoms with E-state index < -0.39 is 43.0 Å². The van der Waals surface area contributed by atoms with Crippen LogP contribution in [0.2, 0.25) is 0 Å². The predicted octanol–water partition coefficient (Wildman–Crippen LogP) is -1.28. The number of anilines is 1. The minimum Gasteiger partial charge on any atom is -0.497 e. The van der Waals surface area contributed by atoms with Crippen LogP contribution in [-0.4, -0.2) is 73.6 Å². The summed E-state index contributed by atoms with van der Waals surface area (Å²) in [5, 5.41) is 23.4. The van der Waals surface area contributed by atoms with E-state index in [9.17, 15) is 15.0 Å². The first-order valence-electron chi connectivity index (χ1n) is 9.99. The third kappa shape index (κ3) is 4.08. The van der Waals surface area contributed by atoms with Gasteiger partial charge in [-0.3, -0.25) is 9.36 Å². The van der Waals surface area contributed by atoms with Crippen molar-refractivity contribution < 1.29 is 24.5 Å². The number of hydrogen-bond donors (Lipinski definition) is 5. The number of carbonyl (C=O) groups excluding carboxylic acids is 1. The Morgan fingerprint density at radius 1 is 1.31 bits per heavy atom. The topological polar surface area (TPSA) is 184 Å². The Labute approximate surface area is 183 Å². The Hall–Kier alpha value is -3.32. The molecule has 1 aliphatic rings. The number of nitrogen functional groups attached to an aromatic ring is 1. The Bertz CT molecular complexity index is 1090. The van der Waals surface area contributed by atoms with Gasteiger partial charge in [0, 0.05) is 0 Å². The van der Waals surface area contributed by atoms with Gasteiger partial charge in [0.2, 0.25) is 5.91 Å². The van der Waals surface area contributed by atoms with Crippen molar-refractivity contribution in [1.82, 2.24) is 24.8 Å². The van der Waals surface area contributed by atoms with E-state index >= 15 is 0 Å². The maximum atomic E-state index is 12.7. The summed E-state index contributed by atoms with van der Waals surface area (Å²) in [4.78, 5) is 24.9. The highest BCUT2D eigenvalue weighted by atomic mass is 16.5. The zero-order valence-corrected chi connectivity index (χ0v) is 17.3. The number of fused-ring (bicyclic) bond motifs is 1. The first kappa shape index (κ1) is 21.9. The second kappa shape index (κ2) is 9.04. The predicted molar refractivity (Wildman–Crippen MR) is 113 cm³/mol. The molecule has 3 heterocycles. The van der Waals surface area contributed by atoms with E-state index in [4.69, 9.17) is 20.9 Å². The summed E-state index contributed by atoms with van der Waals surface area (Å²) >= 11 is 0. The lowest BCUT2D eigenvalue weighted by Gasteiger charge is -2.23. The number of methoxy groups -OCH3 is 1. The second-order valence-corrected chi connectivity index (χ2v) is 7.51. The zero-order valence-electron chi connectivity index (χ0n) is 17.3. The molecule has 3 aromatic rings. The lowest BCUT2D eigenvalue weighted by molar-refractivity contribution is -0.124. The summed E-state index contributed by atoms with van der Waals surface area (Å²) in [6.07, 6.45) is -0.0265. The fraction of sp³-hybridized carbons (Fsp3) is 0.400. The van der Waals surface area contributed by atoms with Gasteiger partial charge in [-0.25, -0.2) is 15.0 Å². The van der Waals surface area contributed by atoms with Crippen LogP contribution in [0.1, 0.15) is 11.8 Å². The van der Waals surface area contributed by atoms with Gasteiger partial charge in [0.1, 0.15) is 29.8 Å². The summed E-state index contributed by atoms with van der Waals surface area (Å²) in [7, 11) is 1.57. The smallest absolute Gasteiger partial charge is 0.237 e. The normalized spacial score (nSPS) is 23.9.